The second-order valence-corrected chi connectivity index (χ2v) is 5.59. The number of carbonyl (C=O) groups excluding carboxylic acids is 1. The van der Waals surface area contributed by atoms with Crippen LogP contribution in [0.4, 0.5) is 0 Å². The van der Waals surface area contributed by atoms with Crippen molar-refractivity contribution in [3.8, 4) is 0 Å². The van der Waals surface area contributed by atoms with Gasteiger partial charge in [-0.25, -0.2) is 4.79 Å². The third kappa shape index (κ3) is 3.42. The SMILES string of the molecule is CCc1ccc(/C=C/C(=O)N2CSC[C@H]2C(=O)O)cc1. The van der Waals surface area contributed by atoms with Gasteiger partial charge in [0.1, 0.15) is 6.04 Å². The molecule has 1 aliphatic rings. The minimum absolute atomic E-state index is 0.248. The molecule has 1 atom stereocenters. The van der Waals surface area contributed by atoms with Crippen molar-refractivity contribution in [2.75, 3.05) is 11.6 Å². The first-order chi connectivity index (χ1) is 9.61. The summed E-state index contributed by atoms with van der Waals surface area (Å²) in [6, 6.07) is 7.25. The molecule has 1 amide bonds. The van der Waals surface area contributed by atoms with E-state index in [1.165, 1.54) is 28.3 Å². The van der Waals surface area contributed by atoms with E-state index in [9.17, 15) is 9.59 Å². The van der Waals surface area contributed by atoms with Crippen molar-refractivity contribution in [2.24, 2.45) is 0 Å². The Balaban J connectivity index is 2.02. The van der Waals surface area contributed by atoms with Crippen molar-refractivity contribution in [3.05, 3.63) is 41.5 Å². The average Bonchev–Trinajstić information content (AvgIpc) is 2.95. The van der Waals surface area contributed by atoms with Crippen molar-refractivity contribution in [1.82, 2.24) is 4.90 Å². The second kappa shape index (κ2) is 6.61. The fourth-order valence-electron chi connectivity index (χ4n) is 1.99. The van der Waals surface area contributed by atoms with Gasteiger partial charge in [-0.15, -0.1) is 11.8 Å². The average molecular weight is 291 g/mol. The zero-order chi connectivity index (χ0) is 14.5. The van der Waals surface area contributed by atoms with Crippen LogP contribution in [-0.2, 0) is 16.0 Å². The molecule has 1 aromatic rings. The van der Waals surface area contributed by atoms with Gasteiger partial charge in [-0.2, -0.15) is 0 Å². The van der Waals surface area contributed by atoms with Crippen LogP contribution in [0.5, 0.6) is 0 Å². The van der Waals surface area contributed by atoms with Crippen LogP contribution in [0.2, 0.25) is 0 Å². The van der Waals surface area contributed by atoms with Crippen molar-refractivity contribution in [3.63, 3.8) is 0 Å². The van der Waals surface area contributed by atoms with E-state index in [0.29, 0.717) is 11.6 Å². The standard InChI is InChI=1S/C15H17NO3S/c1-2-11-3-5-12(6-4-11)7-8-14(17)16-10-20-9-13(16)15(18)19/h3-8,13H,2,9-10H2,1H3,(H,18,19)/b8-7+/t13-/m0/s1. The summed E-state index contributed by atoms with van der Waals surface area (Å²) < 4.78 is 0. The highest BCUT2D eigenvalue weighted by Crippen LogP contribution is 2.21. The van der Waals surface area contributed by atoms with Crippen LogP contribution >= 0.6 is 11.8 Å². The van der Waals surface area contributed by atoms with Gasteiger partial charge in [-0.3, -0.25) is 4.79 Å². The van der Waals surface area contributed by atoms with Gasteiger partial charge in [0.25, 0.3) is 0 Å². The van der Waals surface area contributed by atoms with Crippen LogP contribution in [0, 0.1) is 0 Å². The number of nitrogens with zero attached hydrogens (tertiary/aromatic N) is 1. The van der Waals surface area contributed by atoms with Gasteiger partial charge < -0.3 is 10.0 Å². The molecule has 0 saturated carbocycles. The summed E-state index contributed by atoms with van der Waals surface area (Å²) in [4.78, 5) is 24.4. The molecule has 1 saturated heterocycles. The number of benzene rings is 1. The molecule has 0 unspecified atom stereocenters. The molecule has 1 aromatic carbocycles. The molecule has 0 radical (unpaired) electrons. The van der Waals surface area contributed by atoms with Crippen LogP contribution in [-0.4, -0.2) is 39.6 Å². The summed E-state index contributed by atoms with van der Waals surface area (Å²) in [5.41, 5.74) is 2.18. The number of aryl methyl sites for hydroxylation is 1. The fourth-order valence-corrected chi connectivity index (χ4v) is 3.15. The molecular formula is C15H17NO3S. The van der Waals surface area contributed by atoms with Gasteiger partial charge in [0.15, 0.2) is 0 Å². The van der Waals surface area contributed by atoms with Crippen molar-refractivity contribution in [2.45, 2.75) is 19.4 Å². The Morgan fingerprint density at radius 3 is 2.70 bits per heavy atom. The molecule has 1 fully saturated rings. The molecule has 0 aliphatic carbocycles. The molecule has 106 valence electrons. The van der Waals surface area contributed by atoms with Crippen LogP contribution in [0.15, 0.2) is 30.3 Å². The van der Waals surface area contributed by atoms with Gasteiger partial charge in [0.2, 0.25) is 5.91 Å². The first kappa shape index (κ1) is 14.7. The lowest BCUT2D eigenvalue weighted by molar-refractivity contribution is -0.146. The van der Waals surface area contributed by atoms with Crippen molar-refractivity contribution in [1.29, 1.82) is 0 Å². The van der Waals surface area contributed by atoms with Gasteiger partial charge in [0.05, 0.1) is 5.88 Å². The van der Waals surface area contributed by atoms with Crippen molar-refractivity contribution < 1.29 is 14.7 Å². The second-order valence-electron chi connectivity index (χ2n) is 4.59. The molecule has 1 N–H and O–H groups in total. The topological polar surface area (TPSA) is 57.6 Å². The monoisotopic (exact) mass is 291 g/mol. The molecular weight excluding hydrogens is 274 g/mol. The Morgan fingerprint density at radius 2 is 2.10 bits per heavy atom. The Bertz CT molecular complexity index is 524. The van der Waals surface area contributed by atoms with E-state index in [2.05, 4.69) is 6.92 Å². The van der Waals surface area contributed by atoms with Crippen LogP contribution in [0.3, 0.4) is 0 Å². The number of aliphatic carboxylic acids is 1. The summed E-state index contributed by atoms with van der Waals surface area (Å²) in [6.45, 7) is 2.09. The molecule has 0 spiro atoms. The van der Waals surface area contributed by atoms with Crippen LogP contribution < -0.4 is 0 Å². The predicted octanol–water partition coefficient (Wildman–Crippen LogP) is 2.25. The summed E-state index contributed by atoms with van der Waals surface area (Å²) in [5.74, 6) is -0.291. The van der Waals surface area contributed by atoms with E-state index >= 15 is 0 Å². The molecule has 0 aromatic heterocycles. The predicted molar refractivity (Wildman–Crippen MR) is 80.4 cm³/mol. The third-order valence-electron chi connectivity index (χ3n) is 3.26. The quantitative estimate of drug-likeness (QED) is 0.864. The first-order valence-electron chi connectivity index (χ1n) is 6.50. The number of hydrogen-bond donors (Lipinski definition) is 1. The number of carboxylic acids is 1. The Kier molecular flexibility index (Phi) is 4.84. The van der Waals surface area contributed by atoms with Gasteiger partial charge in [0, 0.05) is 11.8 Å². The molecule has 2 rings (SSSR count). The van der Waals surface area contributed by atoms with E-state index in [0.717, 1.165) is 12.0 Å². The zero-order valence-corrected chi connectivity index (χ0v) is 12.1. The lowest BCUT2D eigenvalue weighted by Crippen LogP contribution is -2.40. The number of hydrogen-bond acceptors (Lipinski definition) is 3. The Morgan fingerprint density at radius 1 is 1.40 bits per heavy atom. The molecule has 5 heteroatoms. The highest BCUT2D eigenvalue weighted by atomic mass is 32.2. The number of carbonyl (C=O) groups is 2. The molecule has 20 heavy (non-hydrogen) atoms. The van der Waals surface area contributed by atoms with Crippen LogP contribution in [0.25, 0.3) is 6.08 Å². The largest absolute Gasteiger partial charge is 0.480 e. The molecule has 1 aliphatic heterocycles. The van der Waals surface area contributed by atoms with Crippen molar-refractivity contribution >= 4 is 29.7 Å². The summed E-state index contributed by atoms with van der Waals surface area (Å²) in [6.07, 6.45) is 4.15. The third-order valence-corrected chi connectivity index (χ3v) is 4.27. The molecule has 0 bridgehead atoms. The van der Waals surface area contributed by atoms with E-state index in [1.807, 2.05) is 24.3 Å². The number of amides is 1. The minimum atomic E-state index is -0.941. The Hall–Kier alpha value is -1.75. The van der Waals surface area contributed by atoms with Gasteiger partial charge >= 0.3 is 5.97 Å². The zero-order valence-electron chi connectivity index (χ0n) is 11.3. The highest BCUT2D eigenvalue weighted by Gasteiger charge is 2.33. The minimum Gasteiger partial charge on any atom is -0.480 e. The fraction of sp³-hybridized carbons (Fsp3) is 0.333. The van der Waals surface area contributed by atoms with E-state index in [4.69, 9.17) is 5.11 Å². The lowest BCUT2D eigenvalue weighted by Gasteiger charge is -2.18. The maximum Gasteiger partial charge on any atom is 0.327 e. The lowest BCUT2D eigenvalue weighted by atomic mass is 10.1. The summed E-state index contributed by atoms with van der Waals surface area (Å²) in [7, 11) is 0. The smallest absolute Gasteiger partial charge is 0.327 e. The number of thioether (sulfide) groups is 1. The normalized spacial score (nSPS) is 18.6. The number of rotatable bonds is 4. The van der Waals surface area contributed by atoms with E-state index < -0.39 is 12.0 Å². The summed E-state index contributed by atoms with van der Waals surface area (Å²) >= 11 is 1.46. The molecule has 1 heterocycles. The summed E-state index contributed by atoms with van der Waals surface area (Å²) in [5, 5.41) is 9.04. The maximum absolute atomic E-state index is 12.0. The van der Waals surface area contributed by atoms with E-state index in [1.54, 1.807) is 6.08 Å². The maximum atomic E-state index is 12.0. The van der Waals surface area contributed by atoms with Gasteiger partial charge in [-0.1, -0.05) is 31.2 Å². The molecule has 4 nitrogen and oxygen atoms in total. The van der Waals surface area contributed by atoms with Crippen LogP contribution in [0.1, 0.15) is 18.1 Å². The first-order valence-corrected chi connectivity index (χ1v) is 7.65. The number of carboxylic acid groups (broad SMARTS) is 1. The highest BCUT2D eigenvalue weighted by molar-refractivity contribution is 7.99. The van der Waals surface area contributed by atoms with Gasteiger partial charge in [-0.05, 0) is 23.6 Å². The Labute approximate surface area is 122 Å². The van der Waals surface area contributed by atoms with E-state index in [-0.39, 0.29) is 5.91 Å².